The summed E-state index contributed by atoms with van der Waals surface area (Å²) in [7, 11) is 0. The molecular formula is C16H32N2S. The van der Waals surface area contributed by atoms with E-state index in [1.54, 1.807) is 0 Å². The molecule has 0 spiro atoms. The molecule has 0 amide bonds. The van der Waals surface area contributed by atoms with Gasteiger partial charge in [0.2, 0.25) is 0 Å². The van der Waals surface area contributed by atoms with E-state index in [4.69, 9.17) is 0 Å². The quantitative estimate of drug-likeness (QED) is 0.515. The van der Waals surface area contributed by atoms with Gasteiger partial charge in [0.05, 0.1) is 0 Å². The van der Waals surface area contributed by atoms with E-state index >= 15 is 0 Å². The van der Waals surface area contributed by atoms with E-state index in [0.29, 0.717) is 0 Å². The Kier molecular flexibility index (Phi) is 9.66. The van der Waals surface area contributed by atoms with Gasteiger partial charge in [-0.3, -0.25) is 4.90 Å². The zero-order valence-corrected chi connectivity index (χ0v) is 13.9. The number of rotatable bonds is 9. The molecule has 0 aromatic heterocycles. The molecule has 0 aromatic rings. The molecule has 2 nitrogen and oxygen atoms in total. The molecule has 0 radical (unpaired) electrons. The number of thioether (sulfide) groups is 1. The first kappa shape index (κ1) is 17.1. The lowest BCUT2D eigenvalue weighted by molar-refractivity contribution is 0.215. The fraction of sp³-hybridized carbons (Fsp3) is 0.875. The van der Waals surface area contributed by atoms with Crippen molar-refractivity contribution in [2.24, 2.45) is 0 Å². The van der Waals surface area contributed by atoms with E-state index < -0.39 is 0 Å². The lowest BCUT2D eigenvalue weighted by Crippen LogP contribution is -2.42. The molecule has 0 saturated carbocycles. The van der Waals surface area contributed by atoms with Crippen molar-refractivity contribution < 1.29 is 0 Å². The topological polar surface area (TPSA) is 15.3 Å². The van der Waals surface area contributed by atoms with Crippen LogP contribution in [0.15, 0.2) is 11.6 Å². The van der Waals surface area contributed by atoms with Gasteiger partial charge in [-0.2, -0.15) is 11.8 Å². The zero-order chi connectivity index (χ0) is 13.9. The molecule has 3 heteroatoms. The van der Waals surface area contributed by atoms with E-state index in [-0.39, 0.29) is 0 Å². The van der Waals surface area contributed by atoms with Gasteiger partial charge in [-0.1, -0.05) is 18.1 Å². The monoisotopic (exact) mass is 284 g/mol. The number of nitrogens with one attached hydrogen (secondary N) is 1. The van der Waals surface area contributed by atoms with Crippen LogP contribution in [0.5, 0.6) is 0 Å². The number of nitrogens with zero attached hydrogens (tertiary/aromatic N) is 1. The molecule has 19 heavy (non-hydrogen) atoms. The number of piperidine rings is 1. The fourth-order valence-corrected chi connectivity index (χ4v) is 2.98. The first-order valence-corrected chi connectivity index (χ1v) is 9.20. The smallest absolute Gasteiger partial charge is 0.0165 e. The van der Waals surface area contributed by atoms with Crippen LogP contribution < -0.4 is 5.32 Å². The first-order valence-electron chi connectivity index (χ1n) is 7.80. The Bertz CT molecular complexity index is 241. The Hall–Kier alpha value is 0.0100. The third kappa shape index (κ3) is 8.72. The van der Waals surface area contributed by atoms with E-state index in [2.05, 4.69) is 36.4 Å². The minimum absolute atomic E-state index is 0.767. The standard InChI is InChI=1S/C16H32N2S/c1-15(2)7-11-18-12-8-16(9-13-18)17-10-5-4-6-14-19-3/h7,16-17H,4-6,8-14H2,1-3H3. The number of allylic oxidation sites excluding steroid dienone is 1. The van der Waals surface area contributed by atoms with Gasteiger partial charge in [0.1, 0.15) is 0 Å². The molecule has 0 atom stereocenters. The van der Waals surface area contributed by atoms with E-state index in [9.17, 15) is 0 Å². The second kappa shape index (κ2) is 10.8. The Morgan fingerprint density at radius 1 is 1.21 bits per heavy atom. The number of likely N-dealkylation sites (tertiary alicyclic amines) is 1. The van der Waals surface area contributed by atoms with Crippen LogP contribution in [0.2, 0.25) is 0 Å². The van der Waals surface area contributed by atoms with Crippen LogP contribution in [0.3, 0.4) is 0 Å². The van der Waals surface area contributed by atoms with Gasteiger partial charge in [-0.15, -0.1) is 0 Å². The normalized spacial score (nSPS) is 17.6. The van der Waals surface area contributed by atoms with Gasteiger partial charge >= 0.3 is 0 Å². The van der Waals surface area contributed by atoms with Crippen molar-refractivity contribution in [3.63, 3.8) is 0 Å². The van der Waals surface area contributed by atoms with Crippen LogP contribution in [-0.4, -0.2) is 49.1 Å². The summed E-state index contributed by atoms with van der Waals surface area (Å²) in [6, 6.07) is 0.767. The molecule has 0 unspecified atom stereocenters. The number of hydrogen-bond acceptors (Lipinski definition) is 3. The minimum atomic E-state index is 0.767. The highest BCUT2D eigenvalue weighted by molar-refractivity contribution is 7.98. The molecular weight excluding hydrogens is 252 g/mol. The van der Waals surface area contributed by atoms with Crippen LogP contribution >= 0.6 is 11.8 Å². The van der Waals surface area contributed by atoms with Crippen molar-refractivity contribution in [1.82, 2.24) is 10.2 Å². The van der Waals surface area contributed by atoms with Crippen molar-refractivity contribution in [2.75, 3.05) is 38.2 Å². The van der Waals surface area contributed by atoms with Crippen molar-refractivity contribution >= 4 is 11.8 Å². The Labute approximate surface area is 124 Å². The third-order valence-electron chi connectivity index (χ3n) is 3.80. The van der Waals surface area contributed by atoms with Crippen molar-refractivity contribution in [1.29, 1.82) is 0 Å². The van der Waals surface area contributed by atoms with Gasteiger partial charge in [-0.05, 0) is 71.2 Å². The highest BCUT2D eigenvalue weighted by Gasteiger charge is 2.17. The number of hydrogen-bond donors (Lipinski definition) is 1. The van der Waals surface area contributed by atoms with Gasteiger partial charge < -0.3 is 5.32 Å². The molecule has 1 saturated heterocycles. The molecule has 1 aliphatic heterocycles. The van der Waals surface area contributed by atoms with Crippen molar-refractivity contribution in [3.05, 3.63) is 11.6 Å². The molecule has 1 N–H and O–H groups in total. The minimum Gasteiger partial charge on any atom is -0.314 e. The predicted octanol–water partition coefficient (Wildman–Crippen LogP) is 3.54. The molecule has 0 aromatic carbocycles. The summed E-state index contributed by atoms with van der Waals surface area (Å²) in [4.78, 5) is 2.57. The van der Waals surface area contributed by atoms with Gasteiger partial charge in [0.15, 0.2) is 0 Å². The molecule has 1 fully saturated rings. The average molecular weight is 285 g/mol. The first-order chi connectivity index (χ1) is 9.22. The summed E-state index contributed by atoms with van der Waals surface area (Å²) in [5, 5.41) is 3.74. The molecule has 1 rings (SSSR count). The largest absolute Gasteiger partial charge is 0.314 e. The van der Waals surface area contributed by atoms with Gasteiger partial charge in [-0.25, -0.2) is 0 Å². The zero-order valence-electron chi connectivity index (χ0n) is 13.1. The molecule has 1 heterocycles. The van der Waals surface area contributed by atoms with Crippen LogP contribution in [0.25, 0.3) is 0 Å². The third-order valence-corrected chi connectivity index (χ3v) is 4.50. The van der Waals surface area contributed by atoms with Crippen molar-refractivity contribution in [3.8, 4) is 0 Å². The summed E-state index contributed by atoms with van der Waals surface area (Å²) in [5.74, 6) is 1.32. The second-order valence-electron chi connectivity index (χ2n) is 5.86. The molecule has 112 valence electrons. The highest BCUT2D eigenvalue weighted by Crippen LogP contribution is 2.11. The van der Waals surface area contributed by atoms with E-state index in [0.717, 1.165) is 12.6 Å². The molecule has 1 aliphatic rings. The van der Waals surface area contributed by atoms with Crippen LogP contribution in [0, 0.1) is 0 Å². The van der Waals surface area contributed by atoms with Crippen molar-refractivity contribution in [2.45, 2.75) is 52.0 Å². The molecule has 0 bridgehead atoms. The maximum atomic E-state index is 3.74. The SMILES string of the molecule is CSCCCCCNC1CCN(CC=C(C)C)CC1. The lowest BCUT2D eigenvalue weighted by Gasteiger charge is -2.31. The van der Waals surface area contributed by atoms with Crippen LogP contribution in [0.4, 0.5) is 0 Å². The van der Waals surface area contributed by atoms with Crippen LogP contribution in [-0.2, 0) is 0 Å². The van der Waals surface area contributed by atoms with E-state index in [1.807, 2.05) is 11.8 Å². The van der Waals surface area contributed by atoms with Crippen LogP contribution in [0.1, 0.15) is 46.0 Å². The average Bonchev–Trinajstić information content (AvgIpc) is 2.41. The maximum absolute atomic E-state index is 3.74. The maximum Gasteiger partial charge on any atom is 0.0165 e. The Balaban J connectivity index is 1.99. The Morgan fingerprint density at radius 3 is 2.58 bits per heavy atom. The van der Waals surface area contributed by atoms with Gasteiger partial charge in [0.25, 0.3) is 0 Å². The predicted molar refractivity (Wildman–Crippen MR) is 89.1 cm³/mol. The lowest BCUT2D eigenvalue weighted by atomic mass is 10.0. The summed E-state index contributed by atoms with van der Waals surface area (Å²) < 4.78 is 0. The molecule has 0 aliphatic carbocycles. The summed E-state index contributed by atoms with van der Waals surface area (Å²) in [5.41, 5.74) is 1.44. The van der Waals surface area contributed by atoms with Gasteiger partial charge in [0, 0.05) is 12.6 Å². The highest BCUT2D eigenvalue weighted by atomic mass is 32.2. The number of unbranched alkanes of at least 4 members (excludes halogenated alkanes) is 2. The Morgan fingerprint density at radius 2 is 1.95 bits per heavy atom. The summed E-state index contributed by atoms with van der Waals surface area (Å²) in [6.07, 6.45) is 11.3. The summed E-state index contributed by atoms with van der Waals surface area (Å²) >= 11 is 1.96. The summed E-state index contributed by atoms with van der Waals surface area (Å²) in [6.45, 7) is 9.25. The van der Waals surface area contributed by atoms with E-state index in [1.165, 1.54) is 63.1 Å². The second-order valence-corrected chi connectivity index (χ2v) is 6.85. The fourth-order valence-electron chi connectivity index (χ4n) is 2.49.